The third-order valence-electron chi connectivity index (χ3n) is 2.78. The van der Waals surface area contributed by atoms with Gasteiger partial charge in [0.25, 0.3) is 0 Å². The molecule has 0 saturated heterocycles. The molecule has 0 saturated carbocycles. The van der Waals surface area contributed by atoms with Crippen LogP contribution in [0, 0.1) is 6.92 Å². The zero-order valence-electron chi connectivity index (χ0n) is 12.5. The van der Waals surface area contributed by atoms with Crippen LogP contribution in [0.3, 0.4) is 0 Å². The normalized spacial score (nSPS) is 11.8. The van der Waals surface area contributed by atoms with Crippen molar-refractivity contribution < 1.29 is 23.8 Å². The lowest BCUT2D eigenvalue weighted by Crippen LogP contribution is -2.12. The number of esters is 2. The van der Waals surface area contributed by atoms with E-state index in [0.29, 0.717) is 17.9 Å². The van der Waals surface area contributed by atoms with Gasteiger partial charge >= 0.3 is 11.9 Å². The van der Waals surface area contributed by atoms with Gasteiger partial charge in [0.1, 0.15) is 11.5 Å². The summed E-state index contributed by atoms with van der Waals surface area (Å²) in [5.41, 5.74) is 1.49. The molecule has 1 unspecified atom stereocenters. The molecule has 5 nitrogen and oxygen atoms in total. The van der Waals surface area contributed by atoms with Crippen LogP contribution in [0.4, 0.5) is 0 Å². The van der Waals surface area contributed by atoms with Crippen LogP contribution in [0.15, 0.2) is 12.1 Å². The molecule has 0 bridgehead atoms. The third kappa shape index (κ3) is 4.66. The lowest BCUT2D eigenvalue weighted by atomic mass is 10.0. The van der Waals surface area contributed by atoms with Crippen molar-refractivity contribution in [3.05, 3.63) is 23.3 Å². The molecule has 5 heteroatoms. The van der Waals surface area contributed by atoms with Crippen molar-refractivity contribution >= 4 is 11.9 Å². The smallest absolute Gasteiger partial charge is 0.308 e. The molecule has 1 atom stereocenters. The first-order valence-electron chi connectivity index (χ1n) is 6.36. The van der Waals surface area contributed by atoms with Gasteiger partial charge in [-0.05, 0) is 31.5 Å². The largest absolute Gasteiger partial charge is 0.426 e. The maximum Gasteiger partial charge on any atom is 0.308 e. The number of hydrogen-bond donors (Lipinski definition) is 0. The maximum absolute atomic E-state index is 11.2. The van der Waals surface area contributed by atoms with E-state index in [-0.39, 0.29) is 12.1 Å². The van der Waals surface area contributed by atoms with E-state index in [1.165, 1.54) is 13.8 Å². The van der Waals surface area contributed by atoms with E-state index in [2.05, 4.69) is 0 Å². The van der Waals surface area contributed by atoms with Crippen molar-refractivity contribution in [3.8, 4) is 11.5 Å². The minimum Gasteiger partial charge on any atom is -0.426 e. The van der Waals surface area contributed by atoms with Crippen LogP contribution in [-0.2, 0) is 20.7 Å². The highest BCUT2D eigenvalue weighted by Gasteiger charge is 2.15. The van der Waals surface area contributed by atoms with Gasteiger partial charge in [0.15, 0.2) is 0 Å². The first-order chi connectivity index (χ1) is 9.33. The van der Waals surface area contributed by atoms with Gasteiger partial charge in [0.2, 0.25) is 0 Å². The summed E-state index contributed by atoms with van der Waals surface area (Å²) in [4.78, 5) is 22.2. The fourth-order valence-corrected chi connectivity index (χ4v) is 1.77. The van der Waals surface area contributed by atoms with E-state index in [0.717, 1.165) is 11.1 Å². The van der Waals surface area contributed by atoms with Crippen LogP contribution >= 0.6 is 0 Å². The Bertz CT molecular complexity index is 507. The molecule has 1 aromatic rings. The van der Waals surface area contributed by atoms with Gasteiger partial charge in [-0.3, -0.25) is 9.59 Å². The van der Waals surface area contributed by atoms with Crippen LogP contribution in [0.2, 0.25) is 0 Å². The number of methoxy groups -OCH3 is 1. The Labute approximate surface area is 118 Å². The third-order valence-corrected chi connectivity index (χ3v) is 2.78. The van der Waals surface area contributed by atoms with Crippen molar-refractivity contribution in [1.29, 1.82) is 0 Å². The zero-order chi connectivity index (χ0) is 15.3. The molecule has 0 N–H and O–H groups in total. The first kappa shape index (κ1) is 16.2. The van der Waals surface area contributed by atoms with Gasteiger partial charge < -0.3 is 14.2 Å². The van der Waals surface area contributed by atoms with E-state index in [4.69, 9.17) is 14.2 Å². The second-order valence-corrected chi connectivity index (χ2v) is 4.66. The Morgan fingerprint density at radius 1 is 1.10 bits per heavy atom. The quantitative estimate of drug-likeness (QED) is 0.612. The molecule has 1 rings (SSSR count). The number of ether oxygens (including phenoxy) is 3. The molecule has 0 fully saturated rings. The van der Waals surface area contributed by atoms with Gasteiger partial charge in [-0.1, -0.05) is 0 Å². The van der Waals surface area contributed by atoms with Crippen molar-refractivity contribution in [2.24, 2.45) is 0 Å². The SMILES string of the molecule is COC(C)Cc1cc(OC(C)=O)c(C)cc1OC(C)=O. The number of aryl methyl sites for hydroxylation is 1. The molecule has 20 heavy (non-hydrogen) atoms. The monoisotopic (exact) mass is 280 g/mol. The summed E-state index contributed by atoms with van der Waals surface area (Å²) in [7, 11) is 1.61. The predicted octanol–water partition coefficient (Wildman–Crippen LogP) is 2.42. The summed E-state index contributed by atoms with van der Waals surface area (Å²) in [5.74, 6) is 0.150. The van der Waals surface area contributed by atoms with Crippen LogP contribution in [-0.4, -0.2) is 25.2 Å². The lowest BCUT2D eigenvalue weighted by molar-refractivity contribution is -0.133. The second-order valence-electron chi connectivity index (χ2n) is 4.66. The number of hydrogen-bond acceptors (Lipinski definition) is 5. The summed E-state index contributed by atoms with van der Waals surface area (Å²) in [5, 5.41) is 0. The molecule has 0 radical (unpaired) electrons. The molecule has 0 spiro atoms. The molecule has 0 aliphatic rings. The Morgan fingerprint density at radius 3 is 2.15 bits per heavy atom. The molecular formula is C15H20O5. The van der Waals surface area contributed by atoms with E-state index >= 15 is 0 Å². The average molecular weight is 280 g/mol. The standard InChI is InChI=1S/C15H20O5/c1-9-6-15(20-12(4)17)13(7-10(2)18-5)8-14(9)19-11(3)16/h6,8,10H,7H2,1-5H3. The molecule has 0 aliphatic carbocycles. The van der Waals surface area contributed by atoms with Gasteiger partial charge in [-0.2, -0.15) is 0 Å². The summed E-state index contributed by atoms with van der Waals surface area (Å²) >= 11 is 0. The van der Waals surface area contributed by atoms with Crippen LogP contribution in [0.5, 0.6) is 11.5 Å². The molecule has 110 valence electrons. The van der Waals surface area contributed by atoms with E-state index in [9.17, 15) is 9.59 Å². The Balaban J connectivity index is 3.18. The van der Waals surface area contributed by atoms with Gasteiger partial charge in [0.05, 0.1) is 6.10 Å². The average Bonchev–Trinajstić information content (AvgIpc) is 2.33. The maximum atomic E-state index is 11.2. The predicted molar refractivity (Wildman–Crippen MR) is 74.0 cm³/mol. The molecular weight excluding hydrogens is 260 g/mol. The Kier molecular flexibility index (Phi) is 5.70. The van der Waals surface area contributed by atoms with Crippen molar-refractivity contribution in [2.45, 2.75) is 40.2 Å². The molecule has 0 aromatic heterocycles. The molecule has 0 amide bonds. The Morgan fingerprint density at radius 2 is 1.65 bits per heavy atom. The topological polar surface area (TPSA) is 61.8 Å². The summed E-state index contributed by atoms with van der Waals surface area (Å²) < 4.78 is 15.6. The van der Waals surface area contributed by atoms with Crippen molar-refractivity contribution in [2.75, 3.05) is 7.11 Å². The molecule has 0 heterocycles. The summed E-state index contributed by atoms with van der Waals surface area (Å²) in [6.07, 6.45) is 0.505. The minimum absolute atomic E-state index is 0.0443. The zero-order valence-corrected chi connectivity index (χ0v) is 12.5. The van der Waals surface area contributed by atoms with E-state index in [1.807, 2.05) is 6.92 Å². The number of carbonyl (C=O) groups excluding carboxylic acids is 2. The highest BCUT2D eigenvalue weighted by Crippen LogP contribution is 2.30. The fourth-order valence-electron chi connectivity index (χ4n) is 1.77. The van der Waals surface area contributed by atoms with Gasteiger partial charge in [0, 0.05) is 32.9 Å². The lowest BCUT2D eigenvalue weighted by Gasteiger charge is -2.16. The minimum atomic E-state index is -0.393. The molecule has 1 aromatic carbocycles. The fraction of sp³-hybridized carbons (Fsp3) is 0.467. The highest BCUT2D eigenvalue weighted by atomic mass is 16.5. The van der Waals surface area contributed by atoms with E-state index in [1.54, 1.807) is 26.2 Å². The first-order valence-corrected chi connectivity index (χ1v) is 6.36. The highest BCUT2D eigenvalue weighted by molar-refractivity contribution is 5.72. The summed E-state index contributed by atoms with van der Waals surface area (Å²) in [6, 6.07) is 3.40. The molecule has 0 aliphatic heterocycles. The van der Waals surface area contributed by atoms with Crippen LogP contribution in [0.1, 0.15) is 31.9 Å². The van der Waals surface area contributed by atoms with Gasteiger partial charge in [-0.15, -0.1) is 0 Å². The van der Waals surface area contributed by atoms with Crippen LogP contribution in [0.25, 0.3) is 0 Å². The van der Waals surface area contributed by atoms with E-state index < -0.39 is 5.97 Å². The number of benzene rings is 1. The van der Waals surface area contributed by atoms with Crippen LogP contribution < -0.4 is 9.47 Å². The van der Waals surface area contributed by atoms with Crippen molar-refractivity contribution in [3.63, 3.8) is 0 Å². The summed E-state index contributed by atoms with van der Waals surface area (Å²) in [6.45, 7) is 6.38. The van der Waals surface area contributed by atoms with Gasteiger partial charge in [-0.25, -0.2) is 0 Å². The second kappa shape index (κ2) is 7.05. The van der Waals surface area contributed by atoms with Crippen molar-refractivity contribution in [1.82, 2.24) is 0 Å². The number of carbonyl (C=O) groups is 2. The number of rotatable bonds is 5. The Hall–Kier alpha value is -1.88.